The first-order valence-electron chi connectivity index (χ1n) is 12.1. The van der Waals surface area contributed by atoms with Crippen LogP contribution in [0.25, 0.3) is 0 Å². The van der Waals surface area contributed by atoms with Crippen molar-refractivity contribution in [2.45, 2.75) is 75.8 Å². The average Bonchev–Trinajstić information content (AvgIpc) is 3.34. The largest absolute Gasteiger partial charge is 0.357 e. The van der Waals surface area contributed by atoms with Crippen LogP contribution in [-0.4, -0.2) is 32.5 Å². The van der Waals surface area contributed by atoms with Gasteiger partial charge in [-0.3, -0.25) is 4.72 Å². The van der Waals surface area contributed by atoms with E-state index in [4.69, 9.17) is 0 Å². The van der Waals surface area contributed by atoms with Crippen molar-refractivity contribution in [2.75, 3.05) is 22.7 Å². The summed E-state index contributed by atoms with van der Waals surface area (Å²) in [6.45, 7) is 4.83. The summed E-state index contributed by atoms with van der Waals surface area (Å²) in [4.78, 5) is 6.78. The Labute approximate surface area is 192 Å². The SMILES string of the molecule is CC(CC1CCCCC1)NCc1ccccc1NS(=O)(=O)c1ccc(N2CCCC2)nc1. The summed E-state index contributed by atoms with van der Waals surface area (Å²) in [6.07, 6.45) is 11.7. The molecule has 7 heteroatoms. The molecule has 1 unspecified atom stereocenters. The van der Waals surface area contributed by atoms with Crippen LogP contribution in [-0.2, 0) is 16.6 Å². The van der Waals surface area contributed by atoms with Crippen molar-refractivity contribution >= 4 is 21.5 Å². The number of hydrogen-bond acceptors (Lipinski definition) is 5. The van der Waals surface area contributed by atoms with Crippen LogP contribution in [0.5, 0.6) is 0 Å². The average molecular weight is 457 g/mol. The maximum Gasteiger partial charge on any atom is 0.263 e. The van der Waals surface area contributed by atoms with E-state index in [9.17, 15) is 8.42 Å². The summed E-state index contributed by atoms with van der Waals surface area (Å²) >= 11 is 0. The number of anilines is 2. The molecule has 1 atom stereocenters. The number of rotatable bonds is 9. The summed E-state index contributed by atoms with van der Waals surface area (Å²) in [5.74, 6) is 1.66. The second-order valence-electron chi connectivity index (χ2n) is 9.33. The third-order valence-corrected chi connectivity index (χ3v) is 8.13. The highest BCUT2D eigenvalue weighted by molar-refractivity contribution is 7.92. The summed E-state index contributed by atoms with van der Waals surface area (Å²) in [6, 6.07) is 11.5. The molecule has 1 aliphatic heterocycles. The lowest BCUT2D eigenvalue weighted by Crippen LogP contribution is -2.29. The van der Waals surface area contributed by atoms with Crippen LogP contribution in [0.1, 0.15) is 63.9 Å². The van der Waals surface area contributed by atoms with Crippen LogP contribution in [0.2, 0.25) is 0 Å². The van der Waals surface area contributed by atoms with E-state index in [0.29, 0.717) is 18.3 Å². The molecule has 1 saturated heterocycles. The predicted octanol–water partition coefficient (Wildman–Crippen LogP) is 4.93. The van der Waals surface area contributed by atoms with E-state index in [1.807, 2.05) is 24.3 Å². The normalized spacial score (nSPS) is 18.6. The van der Waals surface area contributed by atoms with Gasteiger partial charge in [-0.1, -0.05) is 50.3 Å². The second-order valence-corrected chi connectivity index (χ2v) is 11.0. The van der Waals surface area contributed by atoms with Crippen molar-refractivity contribution in [1.29, 1.82) is 0 Å². The van der Waals surface area contributed by atoms with Crippen molar-refractivity contribution in [2.24, 2.45) is 5.92 Å². The Morgan fingerprint density at radius 1 is 1.03 bits per heavy atom. The van der Waals surface area contributed by atoms with Gasteiger partial charge >= 0.3 is 0 Å². The highest BCUT2D eigenvalue weighted by Crippen LogP contribution is 2.28. The van der Waals surface area contributed by atoms with Crippen LogP contribution in [0, 0.1) is 5.92 Å². The Morgan fingerprint density at radius 3 is 2.50 bits per heavy atom. The predicted molar refractivity (Wildman–Crippen MR) is 130 cm³/mol. The first-order valence-corrected chi connectivity index (χ1v) is 13.5. The molecule has 4 rings (SSSR count). The molecule has 32 heavy (non-hydrogen) atoms. The monoisotopic (exact) mass is 456 g/mol. The summed E-state index contributed by atoms with van der Waals surface area (Å²) < 4.78 is 28.8. The van der Waals surface area contributed by atoms with Crippen molar-refractivity contribution in [3.05, 3.63) is 48.2 Å². The Bertz CT molecular complexity index is 966. The molecular weight excluding hydrogens is 420 g/mol. The third-order valence-electron chi connectivity index (χ3n) is 6.78. The van der Waals surface area contributed by atoms with E-state index in [0.717, 1.165) is 43.2 Å². The minimum atomic E-state index is -3.70. The van der Waals surface area contributed by atoms with Gasteiger partial charge in [0.25, 0.3) is 10.0 Å². The number of nitrogens with zero attached hydrogens (tertiary/aromatic N) is 2. The van der Waals surface area contributed by atoms with Crippen molar-refractivity contribution < 1.29 is 8.42 Å². The van der Waals surface area contributed by atoms with Crippen LogP contribution < -0.4 is 14.9 Å². The Morgan fingerprint density at radius 2 is 1.78 bits per heavy atom. The summed E-state index contributed by atoms with van der Waals surface area (Å²) in [7, 11) is -3.70. The maximum atomic E-state index is 13.0. The molecule has 6 nitrogen and oxygen atoms in total. The lowest BCUT2D eigenvalue weighted by Gasteiger charge is -2.25. The van der Waals surface area contributed by atoms with Crippen molar-refractivity contribution in [3.8, 4) is 0 Å². The van der Waals surface area contributed by atoms with E-state index in [1.54, 1.807) is 12.1 Å². The minimum absolute atomic E-state index is 0.189. The molecule has 1 aliphatic carbocycles. The number of nitrogens with one attached hydrogen (secondary N) is 2. The Balaban J connectivity index is 1.38. The zero-order valence-electron chi connectivity index (χ0n) is 19.1. The molecule has 174 valence electrons. The fourth-order valence-corrected chi connectivity index (χ4v) is 5.98. The van der Waals surface area contributed by atoms with Gasteiger partial charge in [-0.2, -0.15) is 0 Å². The quantitative estimate of drug-likeness (QED) is 0.560. The van der Waals surface area contributed by atoms with Gasteiger partial charge in [0.05, 0.1) is 5.69 Å². The third kappa shape index (κ3) is 6.01. The molecule has 2 fully saturated rings. The van der Waals surface area contributed by atoms with Gasteiger partial charge in [0.1, 0.15) is 10.7 Å². The fourth-order valence-electron chi connectivity index (χ4n) is 4.93. The summed E-state index contributed by atoms with van der Waals surface area (Å²) in [5, 5.41) is 3.60. The van der Waals surface area contributed by atoms with E-state index in [1.165, 1.54) is 44.7 Å². The van der Waals surface area contributed by atoms with Gasteiger partial charge in [0, 0.05) is 31.9 Å². The van der Waals surface area contributed by atoms with Gasteiger partial charge in [-0.15, -0.1) is 0 Å². The van der Waals surface area contributed by atoms with Gasteiger partial charge in [0.15, 0.2) is 0 Å². The molecule has 2 heterocycles. The van der Waals surface area contributed by atoms with Gasteiger partial charge in [-0.25, -0.2) is 13.4 Å². The molecule has 0 spiro atoms. The van der Waals surface area contributed by atoms with Gasteiger partial charge < -0.3 is 10.2 Å². The zero-order valence-corrected chi connectivity index (χ0v) is 19.9. The first-order chi connectivity index (χ1) is 15.5. The van der Waals surface area contributed by atoms with Gasteiger partial charge in [0.2, 0.25) is 0 Å². The van der Waals surface area contributed by atoms with E-state index < -0.39 is 10.0 Å². The lowest BCUT2D eigenvalue weighted by atomic mass is 9.85. The zero-order chi connectivity index (χ0) is 22.4. The number of benzene rings is 1. The van der Waals surface area contributed by atoms with Crippen LogP contribution in [0.4, 0.5) is 11.5 Å². The van der Waals surface area contributed by atoms with Crippen molar-refractivity contribution in [3.63, 3.8) is 0 Å². The Kier molecular flexibility index (Phi) is 7.68. The lowest BCUT2D eigenvalue weighted by molar-refractivity contribution is 0.305. The Hall–Kier alpha value is -2.12. The molecule has 1 aromatic heterocycles. The maximum absolute atomic E-state index is 13.0. The first kappa shape index (κ1) is 23.1. The summed E-state index contributed by atoms with van der Waals surface area (Å²) in [5.41, 5.74) is 1.57. The van der Waals surface area contributed by atoms with Crippen LogP contribution in [0.3, 0.4) is 0 Å². The molecule has 2 aromatic rings. The van der Waals surface area contributed by atoms with E-state index in [-0.39, 0.29) is 4.90 Å². The molecule has 0 radical (unpaired) electrons. The van der Waals surface area contributed by atoms with Crippen LogP contribution >= 0.6 is 0 Å². The number of pyridine rings is 1. The molecule has 0 bridgehead atoms. The standard InChI is InChI=1S/C25H36N4O2S/c1-20(17-21-9-3-2-4-10-21)26-18-22-11-5-6-12-24(22)28-32(30,31)23-13-14-25(27-19-23)29-15-7-8-16-29/h5-6,11-14,19-21,26,28H,2-4,7-10,15-18H2,1H3. The highest BCUT2D eigenvalue weighted by atomic mass is 32.2. The molecule has 1 aromatic carbocycles. The van der Waals surface area contributed by atoms with Crippen molar-refractivity contribution in [1.82, 2.24) is 10.3 Å². The number of sulfonamides is 1. The topological polar surface area (TPSA) is 74.3 Å². The number of hydrogen-bond donors (Lipinski definition) is 2. The number of aromatic nitrogens is 1. The minimum Gasteiger partial charge on any atom is -0.357 e. The fraction of sp³-hybridized carbons (Fsp3) is 0.560. The highest BCUT2D eigenvalue weighted by Gasteiger charge is 2.20. The molecule has 2 N–H and O–H groups in total. The smallest absolute Gasteiger partial charge is 0.263 e. The van der Waals surface area contributed by atoms with Crippen LogP contribution in [0.15, 0.2) is 47.5 Å². The molecule has 2 aliphatic rings. The van der Waals surface area contributed by atoms with E-state index in [2.05, 4.69) is 26.8 Å². The van der Waals surface area contributed by atoms with Gasteiger partial charge in [-0.05, 0) is 55.9 Å². The molecule has 0 amide bonds. The van der Waals surface area contributed by atoms with E-state index >= 15 is 0 Å². The molecule has 1 saturated carbocycles. The second kappa shape index (κ2) is 10.7. The molecular formula is C25H36N4O2S. The number of para-hydroxylation sites is 1.